The number of piperidine rings is 1. The molecule has 0 aromatic heterocycles. The van der Waals surface area contributed by atoms with Crippen LogP contribution < -0.4 is 15.5 Å². The lowest BCUT2D eigenvalue weighted by Gasteiger charge is -2.32. The van der Waals surface area contributed by atoms with Crippen LogP contribution in [0.25, 0.3) is 0 Å². The first-order chi connectivity index (χ1) is 12.1. The summed E-state index contributed by atoms with van der Waals surface area (Å²) in [6.07, 6.45) is 3.56. The average Bonchev–Trinajstić information content (AvgIpc) is 2.62. The smallest absolute Gasteiger partial charge is 0.338 e. The van der Waals surface area contributed by atoms with E-state index in [2.05, 4.69) is 10.6 Å². The molecule has 2 heterocycles. The minimum absolute atomic E-state index is 0.330. The second-order valence-corrected chi connectivity index (χ2v) is 6.83. The van der Waals surface area contributed by atoms with Gasteiger partial charge in [0.1, 0.15) is 6.54 Å². The van der Waals surface area contributed by atoms with E-state index in [-0.39, 0.29) is 6.03 Å². The summed E-state index contributed by atoms with van der Waals surface area (Å²) in [6.45, 7) is 2.68. The molecule has 0 radical (unpaired) electrons. The van der Waals surface area contributed by atoms with Gasteiger partial charge in [-0.25, -0.2) is 9.59 Å². The van der Waals surface area contributed by atoms with Crippen molar-refractivity contribution in [1.29, 1.82) is 0 Å². The quantitative estimate of drug-likeness (QED) is 0.703. The van der Waals surface area contributed by atoms with Gasteiger partial charge in [-0.3, -0.25) is 0 Å². The maximum Gasteiger partial charge on any atom is 0.338 e. The molecular weight excluding hydrogens is 342 g/mol. The third-order valence-corrected chi connectivity index (χ3v) is 5.11. The Morgan fingerprint density at radius 1 is 1.28 bits per heavy atom. The lowest BCUT2D eigenvalue weighted by atomic mass is 9.94. The Bertz CT molecular complexity index is 699. The summed E-state index contributed by atoms with van der Waals surface area (Å²) in [5.74, 6) is -0.455. The molecule has 134 valence electrons. The zero-order valence-electron chi connectivity index (χ0n) is 14.2. The van der Waals surface area contributed by atoms with Gasteiger partial charge in [-0.05, 0) is 30.9 Å². The maximum absolute atomic E-state index is 12.5. The second kappa shape index (κ2) is 7.89. The highest BCUT2D eigenvalue weighted by Gasteiger charge is 2.36. The molecule has 0 bridgehead atoms. The molecule has 0 saturated carbocycles. The molecule has 0 spiro atoms. The fourth-order valence-corrected chi connectivity index (χ4v) is 3.77. The number of likely N-dealkylation sites (tertiary alicyclic amines) is 1. The molecule has 0 unspecified atom stereocenters. The average molecular weight is 365 g/mol. The van der Waals surface area contributed by atoms with Gasteiger partial charge in [0.2, 0.25) is 0 Å². The van der Waals surface area contributed by atoms with E-state index in [0.29, 0.717) is 28.4 Å². The summed E-state index contributed by atoms with van der Waals surface area (Å²) in [4.78, 5) is 26.1. The molecule has 2 aliphatic rings. The van der Waals surface area contributed by atoms with E-state index in [1.165, 1.54) is 18.4 Å². The van der Waals surface area contributed by atoms with Gasteiger partial charge in [-0.1, -0.05) is 29.8 Å². The number of quaternary nitrogens is 1. The van der Waals surface area contributed by atoms with Crippen LogP contribution in [0.2, 0.25) is 5.02 Å². The normalized spacial score (nSPS) is 21.5. The molecule has 6 nitrogen and oxygen atoms in total. The minimum atomic E-state index is -0.617. The van der Waals surface area contributed by atoms with Crippen molar-refractivity contribution in [2.45, 2.75) is 25.3 Å². The van der Waals surface area contributed by atoms with E-state index >= 15 is 0 Å². The fraction of sp³-hybridized carbons (Fsp3) is 0.444. The molecule has 1 fully saturated rings. The number of rotatable bonds is 4. The summed E-state index contributed by atoms with van der Waals surface area (Å²) >= 11 is 6.31. The number of hydrogen-bond donors (Lipinski definition) is 3. The Kier molecular flexibility index (Phi) is 5.60. The van der Waals surface area contributed by atoms with Gasteiger partial charge >= 0.3 is 12.0 Å². The van der Waals surface area contributed by atoms with Crippen LogP contribution in [0.4, 0.5) is 4.79 Å². The predicted molar refractivity (Wildman–Crippen MR) is 94.3 cm³/mol. The van der Waals surface area contributed by atoms with Gasteiger partial charge in [-0.2, -0.15) is 0 Å². The Morgan fingerprint density at radius 2 is 2.00 bits per heavy atom. The third kappa shape index (κ3) is 3.96. The molecule has 1 aromatic carbocycles. The first-order valence-corrected chi connectivity index (χ1v) is 8.95. The van der Waals surface area contributed by atoms with Crippen molar-refractivity contribution in [2.24, 2.45) is 0 Å². The van der Waals surface area contributed by atoms with E-state index in [1.807, 2.05) is 18.2 Å². The van der Waals surface area contributed by atoms with Crippen LogP contribution in [0.1, 0.15) is 30.9 Å². The van der Waals surface area contributed by atoms with Gasteiger partial charge in [0.15, 0.2) is 0 Å². The van der Waals surface area contributed by atoms with Gasteiger partial charge in [-0.15, -0.1) is 0 Å². The number of nitrogens with one attached hydrogen (secondary N) is 3. The number of hydrogen-bond acceptors (Lipinski definition) is 3. The Balaban J connectivity index is 2.00. The van der Waals surface area contributed by atoms with E-state index in [9.17, 15) is 9.59 Å². The molecule has 1 aromatic rings. The largest absolute Gasteiger partial charge is 0.466 e. The van der Waals surface area contributed by atoms with Crippen LogP contribution in [0.15, 0.2) is 35.5 Å². The van der Waals surface area contributed by atoms with Gasteiger partial charge in [0.25, 0.3) is 0 Å². The molecule has 7 heteroatoms. The van der Waals surface area contributed by atoms with Crippen LogP contribution in [-0.2, 0) is 9.53 Å². The van der Waals surface area contributed by atoms with E-state index in [1.54, 1.807) is 6.07 Å². The summed E-state index contributed by atoms with van der Waals surface area (Å²) in [5.41, 5.74) is 1.73. The van der Waals surface area contributed by atoms with Crippen molar-refractivity contribution in [1.82, 2.24) is 10.6 Å². The fourth-order valence-electron chi connectivity index (χ4n) is 3.53. The highest BCUT2D eigenvalue weighted by Crippen LogP contribution is 2.31. The van der Waals surface area contributed by atoms with E-state index in [0.717, 1.165) is 25.9 Å². The number of halogens is 1. The van der Waals surface area contributed by atoms with Crippen LogP contribution in [0.5, 0.6) is 0 Å². The maximum atomic E-state index is 12.5. The van der Waals surface area contributed by atoms with E-state index < -0.39 is 12.0 Å². The summed E-state index contributed by atoms with van der Waals surface area (Å²) in [5, 5.41) is 6.12. The number of methoxy groups -OCH3 is 1. The molecule has 1 saturated heterocycles. The van der Waals surface area contributed by atoms with E-state index in [4.69, 9.17) is 16.3 Å². The van der Waals surface area contributed by atoms with Crippen LogP contribution in [-0.4, -0.2) is 38.7 Å². The third-order valence-electron chi connectivity index (χ3n) is 4.76. The van der Waals surface area contributed by atoms with Gasteiger partial charge in [0.05, 0.1) is 37.5 Å². The minimum Gasteiger partial charge on any atom is -0.466 e. The van der Waals surface area contributed by atoms with Crippen molar-refractivity contribution in [3.8, 4) is 0 Å². The Morgan fingerprint density at radius 3 is 2.68 bits per heavy atom. The number of ether oxygens (including phenoxy) is 1. The zero-order valence-corrected chi connectivity index (χ0v) is 15.0. The number of esters is 1. The highest BCUT2D eigenvalue weighted by atomic mass is 35.5. The van der Waals surface area contributed by atoms with Crippen LogP contribution in [0, 0.1) is 0 Å². The van der Waals surface area contributed by atoms with Crippen molar-refractivity contribution in [3.63, 3.8) is 0 Å². The topological polar surface area (TPSA) is 71.9 Å². The Hall–Kier alpha value is -2.05. The lowest BCUT2D eigenvalue weighted by molar-refractivity contribution is -0.900. The highest BCUT2D eigenvalue weighted by molar-refractivity contribution is 6.31. The molecule has 25 heavy (non-hydrogen) atoms. The number of benzene rings is 1. The summed E-state index contributed by atoms with van der Waals surface area (Å²) in [6, 6.07) is 6.26. The number of urea groups is 1. The van der Waals surface area contributed by atoms with Gasteiger partial charge < -0.3 is 20.3 Å². The van der Waals surface area contributed by atoms with Crippen LogP contribution >= 0.6 is 11.6 Å². The number of carbonyl (C=O) groups is 2. The van der Waals surface area contributed by atoms with Crippen LogP contribution in [0.3, 0.4) is 0 Å². The SMILES string of the molecule is COC(=O)C1=C(C[NH+]2CCCCC2)NC(=O)N[C@H]1c1ccccc1Cl. The molecule has 2 aliphatic heterocycles. The predicted octanol–water partition coefficient (Wildman–Crippen LogP) is 1.19. The Labute approximate surface area is 152 Å². The monoisotopic (exact) mass is 364 g/mol. The van der Waals surface area contributed by atoms with Gasteiger partial charge in [0, 0.05) is 5.02 Å². The molecule has 3 rings (SSSR count). The lowest BCUT2D eigenvalue weighted by Crippen LogP contribution is -3.13. The van der Waals surface area contributed by atoms with Crippen molar-refractivity contribution < 1.29 is 19.2 Å². The molecule has 3 N–H and O–H groups in total. The zero-order chi connectivity index (χ0) is 17.8. The summed E-state index contributed by atoms with van der Waals surface area (Å²) in [7, 11) is 1.35. The molecule has 0 aliphatic carbocycles. The molecular formula is C18H23ClN3O3+. The van der Waals surface area contributed by atoms with Crippen molar-refractivity contribution in [3.05, 3.63) is 46.1 Å². The summed E-state index contributed by atoms with van der Waals surface area (Å²) < 4.78 is 5.00. The number of carbonyl (C=O) groups excluding carboxylic acids is 2. The first-order valence-electron chi connectivity index (χ1n) is 8.57. The number of amides is 2. The van der Waals surface area contributed by atoms with Crippen molar-refractivity contribution >= 4 is 23.6 Å². The standard InChI is InChI=1S/C18H22ClN3O3/c1-25-17(23)15-14(11-22-9-5-2-6-10-22)20-18(24)21-16(15)12-7-3-4-8-13(12)19/h3-4,7-8,16H,2,5-6,9-11H2,1H3,(H2,20,21,24)/p+1/t16-/m0/s1. The molecule has 2 amide bonds. The first kappa shape index (κ1) is 17.8. The van der Waals surface area contributed by atoms with Crippen molar-refractivity contribution in [2.75, 3.05) is 26.7 Å². The second-order valence-electron chi connectivity index (χ2n) is 6.42. The molecule has 1 atom stereocenters.